The third kappa shape index (κ3) is 3.69. The van der Waals surface area contributed by atoms with E-state index >= 15 is 0 Å². The third-order valence-corrected chi connectivity index (χ3v) is 3.32. The van der Waals surface area contributed by atoms with Gasteiger partial charge in [-0.05, 0) is 36.7 Å². The molecule has 1 heterocycles. The van der Waals surface area contributed by atoms with E-state index in [2.05, 4.69) is 10.3 Å². The first-order valence-corrected chi connectivity index (χ1v) is 6.52. The summed E-state index contributed by atoms with van der Waals surface area (Å²) in [4.78, 5) is 4.22. The van der Waals surface area contributed by atoms with Crippen molar-refractivity contribution in [3.63, 3.8) is 0 Å². The molecule has 0 saturated heterocycles. The van der Waals surface area contributed by atoms with E-state index in [1.165, 1.54) is 5.56 Å². The number of likely N-dealkylation sites (N-methyl/N-ethyl adjacent to an activating group) is 1. The summed E-state index contributed by atoms with van der Waals surface area (Å²) in [6.07, 6.45) is 2.72. The molecule has 0 fully saturated rings. The summed E-state index contributed by atoms with van der Waals surface area (Å²) in [5.41, 5.74) is 2.37. The van der Waals surface area contributed by atoms with E-state index in [-0.39, 0.29) is 6.04 Å². The van der Waals surface area contributed by atoms with E-state index in [9.17, 15) is 0 Å². The minimum absolute atomic E-state index is 0.243. The molecular weight excluding hydrogens is 260 g/mol. The van der Waals surface area contributed by atoms with Gasteiger partial charge >= 0.3 is 0 Å². The number of methoxy groups -OCH3 is 1. The highest BCUT2D eigenvalue weighted by molar-refractivity contribution is 6.30. The van der Waals surface area contributed by atoms with Crippen LogP contribution in [-0.2, 0) is 6.42 Å². The molecule has 0 spiro atoms. The number of rotatable bonds is 5. The highest BCUT2D eigenvalue weighted by Gasteiger charge is 2.10. The number of ether oxygens (including phenoxy) is 1. The molecule has 0 saturated carbocycles. The van der Waals surface area contributed by atoms with Gasteiger partial charge in [-0.2, -0.15) is 0 Å². The zero-order valence-corrected chi connectivity index (χ0v) is 11.8. The third-order valence-electron chi connectivity index (χ3n) is 3.07. The molecule has 0 aliphatic carbocycles. The predicted molar refractivity (Wildman–Crippen MR) is 77.7 cm³/mol. The first-order valence-electron chi connectivity index (χ1n) is 6.14. The van der Waals surface area contributed by atoms with Crippen LogP contribution in [-0.4, -0.2) is 19.1 Å². The largest absolute Gasteiger partial charge is 0.481 e. The summed E-state index contributed by atoms with van der Waals surface area (Å²) in [7, 11) is 3.57. The van der Waals surface area contributed by atoms with Crippen LogP contribution in [0, 0.1) is 0 Å². The monoisotopic (exact) mass is 276 g/mol. The summed E-state index contributed by atoms with van der Waals surface area (Å²) >= 11 is 5.91. The Morgan fingerprint density at radius 3 is 2.47 bits per heavy atom. The number of aromatic nitrogens is 1. The van der Waals surface area contributed by atoms with Crippen molar-refractivity contribution < 1.29 is 4.74 Å². The molecule has 1 atom stereocenters. The maximum absolute atomic E-state index is 5.91. The Balaban J connectivity index is 2.11. The lowest BCUT2D eigenvalue weighted by Gasteiger charge is -2.16. The standard InChI is InChI=1S/C15H17ClN2O/c1-17-14(12-4-6-13(16)7-5-12)9-11-3-8-15(19-2)18-10-11/h3-8,10,14,17H,9H2,1-2H3. The fourth-order valence-electron chi connectivity index (χ4n) is 1.97. The van der Waals surface area contributed by atoms with Gasteiger partial charge < -0.3 is 10.1 Å². The predicted octanol–water partition coefficient (Wildman–Crippen LogP) is 3.25. The fourth-order valence-corrected chi connectivity index (χ4v) is 2.10. The van der Waals surface area contributed by atoms with Crippen molar-refractivity contribution in [2.75, 3.05) is 14.2 Å². The van der Waals surface area contributed by atoms with Crippen LogP contribution in [0.2, 0.25) is 5.02 Å². The number of hydrogen-bond acceptors (Lipinski definition) is 3. The topological polar surface area (TPSA) is 34.1 Å². The molecule has 0 aliphatic heterocycles. The SMILES string of the molecule is CNC(Cc1ccc(OC)nc1)c1ccc(Cl)cc1. The van der Waals surface area contributed by atoms with Crippen molar-refractivity contribution in [2.24, 2.45) is 0 Å². The van der Waals surface area contributed by atoms with Crippen LogP contribution in [0.1, 0.15) is 17.2 Å². The number of benzene rings is 1. The molecule has 3 nitrogen and oxygen atoms in total. The summed E-state index contributed by atoms with van der Waals surface area (Å²) < 4.78 is 5.06. The maximum Gasteiger partial charge on any atom is 0.212 e. The van der Waals surface area contributed by atoms with E-state index in [4.69, 9.17) is 16.3 Å². The maximum atomic E-state index is 5.91. The van der Waals surface area contributed by atoms with E-state index in [0.717, 1.165) is 17.0 Å². The summed E-state index contributed by atoms with van der Waals surface area (Å²) in [5.74, 6) is 0.635. The number of halogens is 1. The van der Waals surface area contributed by atoms with E-state index < -0.39 is 0 Å². The smallest absolute Gasteiger partial charge is 0.212 e. The van der Waals surface area contributed by atoms with Crippen LogP contribution in [0.5, 0.6) is 5.88 Å². The van der Waals surface area contributed by atoms with Crippen molar-refractivity contribution in [1.82, 2.24) is 10.3 Å². The Kier molecular flexibility index (Phi) is 4.77. The van der Waals surface area contributed by atoms with E-state index in [0.29, 0.717) is 5.88 Å². The molecule has 100 valence electrons. The van der Waals surface area contributed by atoms with Gasteiger partial charge in [-0.3, -0.25) is 0 Å². The van der Waals surface area contributed by atoms with Crippen molar-refractivity contribution in [3.8, 4) is 5.88 Å². The van der Waals surface area contributed by atoms with E-state index in [1.54, 1.807) is 7.11 Å². The zero-order chi connectivity index (χ0) is 13.7. The van der Waals surface area contributed by atoms with Gasteiger partial charge in [0.15, 0.2) is 0 Å². The van der Waals surface area contributed by atoms with Gasteiger partial charge in [-0.1, -0.05) is 29.8 Å². The number of nitrogens with zero attached hydrogens (tertiary/aromatic N) is 1. The van der Waals surface area contributed by atoms with Crippen molar-refractivity contribution in [3.05, 3.63) is 58.7 Å². The zero-order valence-electron chi connectivity index (χ0n) is 11.1. The second-order valence-corrected chi connectivity index (χ2v) is 4.74. The Morgan fingerprint density at radius 2 is 1.95 bits per heavy atom. The lowest BCUT2D eigenvalue weighted by atomic mass is 10.0. The summed E-state index contributed by atoms with van der Waals surface area (Å²) in [6, 6.07) is 12.1. The van der Waals surface area contributed by atoms with Crippen LogP contribution in [0.15, 0.2) is 42.6 Å². The van der Waals surface area contributed by atoms with Crippen LogP contribution >= 0.6 is 11.6 Å². The molecule has 1 aromatic heterocycles. The summed E-state index contributed by atoms with van der Waals surface area (Å²) in [6.45, 7) is 0. The molecule has 0 aliphatic rings. The molecule has 1 unspecified atom stereocenters. The highest BCUT2D eigenvalue weighted by atomic mass is 35.5. The molecule has 4 heteroatoms. The van der Waals surface area contributed by atoms with Crippen molar-refractivity contribution >= 4 is 11.6 Å². The molecule has 2 rings (SSSR count). The highest BCUT2D eigenvalue weighted by Crippen LogP contribution is 2.20. The van der Waals surface area contributed by atoms with Crippen molar-refractivity contribution in [1.29, 1.82) is 0 Å². The molecule has 1 aromatic carbocycles. The van der Waals surface area contributed by atoms with Gasteiger partial charge in [-0.15, -0.1) is 0 Å². The van der Waals surface area contributed by atoms with Gasteiger partial charge in [-0.25, -0.2) is 4.98 Å². The fraction of sp³-hybridized carbons (Fsp3) is 0.267. The normalized spacial score (nSPS) is 12.2. The number of nitrogens with one attached hydrogen (secondary N) is 1. The van der Waals surface area contributed by atoms with Crippen molar-refractivity contribution in [2.45, 2.75) is 12.5 Å². The van der Waals surface area contributed by atoms with E-state index in [1.807, 2.05) is 49.6 Å². The summed E-state index contributed by atoms with van der Waals surface area (Å²) in [5, 5.41) is 4.07. The van der Waals surface area contributed by atoms with Gasteiger partial charge in [0.1, 0.15) is 0 Å². The second-order valence-electron chi connectivity index (χ2n) is 4.31. The average Bonchev–Trinajstić information content (AvgIpc) is 2.46. The second kappa shape index (κ2) is 6.55. The first-order chi connectivity index (χ1) is 9.22. The van der Waals surface area contributed by atoms with Crippen LogP contribution in [0.25, 0.3) is 0 Å². The minimum atomic E-state index is 0.243. The molecule has 0 bridgehead atoms. The molecule has 19 heavy (non-hydrogen) atoms. The Morgan fingerprint density at radius 1 is 1.21 bits per heavy atom. The Bertz CT molecular complexity index is 511. The Hall–Kier alpha value is -1.58. The lowest BCUT2D eigenvalue weighted by molar-refractivity contribution is 0.397. The molecule has 2 aromatic rings. The van der Waals surface area contributed by atoms with Gasteiger partial charge in [0.2, 0.25) is 5.88 Å². The van der Waals surface area contributed by atoms with Gasteiger partial charge in [0.25, 0.3) is 0 Å². The number of pyridine rings is 1. The first kappa shape index (κ1) is 13.8. The number of hydrogen-bond donors (Lipinski definition) is 1. The lowest BCUT2D eigenvalue weighted by Crippen LogP contribution is -2.18. The molecule has 0 radical (unpaired) electrons. The minimum Gasteiger partial charge on any atom is -0.481 e. The van der Waals surface area contributed by atoms with Gasteiger partial charge in [0.05, 0.1) is 7.11 Å². The van der Waals surface area contributed by atoms with Crippen LogP contribution in [0.4, 0.5) is 0 Å². The van der Waals surface area contributed by atoms with Crippen LogP contribution in [0.3, 0.4) is 0 Å². The van der Waals surface area contributed by atoms with Crippen LogP contribution < -0.4 is 10.1 Å². The molecular formula is C15H17ClN2O. The Labute approximate surface area is 118 Å². The average molecular weight is 277 g/mol. The molecule has 1 N–H and O–H groups in total. The molecule has 0 amide bonds. The van der Waals surface area contributed by atoms with Gasteiger partial charge in [0, 0.05) is 23.3 Å². The quantitative estimate of drug-likeness (QED) is 0.910.